The van der Waals surface area contributed by atoms with E-state index < -0.39 is 6.17 Å². The molecule has 0 aromatic heterocycles. The summed E-state index contributed by atoms with van der Waals surface area (Å²) < 4.78 is 0. The third-order valence-electron chi connectivity index (χ3n) is 6.53. The van der Waals surface area contributed by atoms with Gasteiger partial charge in [0.15, 0.2) is 0 Å². The number of likely N-dealkylation sites (tertiary alicyclic amines) is 2. The number of rotatable bonds is 10. The Morgan fingerprint density at radius 3 is 2.10 bits per heavy atom. The Morgan fingerprint density at radius 1 is 1.03 bits per heavy atom. The van der Waals surface area contributed by atoms with E-state index in [1.165, 1.54) is 38.5 Å². The van der Waals surface area contributed by atoms with E-state index in [0.717, 1.165) is 32.4 Å². The van der Waals surface area contributed by atoms with Crippen LogP contribution in [0.5, 0.6) is 0 Å². The van der Waals surface area contributed by atoms with Crippen LogP contribution in [0.25, 0.3) is 0 Å². The van der Waals surface area contributed by atoms with Crippen LogP contribution in [0, 0.1) is 0 Å². The van der Waals surface area contributed by atoms with Gasteiger partial charge >= 0.3 is 6.03 Å². The van der Waals surface area contributed by atoms with Gasteiger partial charge < -0.3 is 10.6 Å². The number of nitrogens with zero attached hydrogens (tertiary/aromatic N) is 3. The Hall–Kier alpha value is -1.43. The van der Waals surface area contributed by atoms with Crippen LogP contribution in [-0.4, -0.2) is 66.0 Å². The molecule has 0 aliphatic carbocycles. The van der Waals surface area contributed by atoms with Gasteiger partial charge in [-0.1, -0.05) is 33.6 Å². The minimum Gasteiger partial charge on any atom is -0.338 e. The van der Waals surface area contributed by atoms with Gasteiger partial charge in [0.2, 0.25) is 6.08 Å². The Labute approximate surface area is 176 Å². The van der Waals surface area contributed by atoms with E-state index in [-0.39, 0.29) is 12.2 Å². The maximum absolute atomic E-state index is 12.2. The molecule has 0 spiro atoms. The summed E-state index contributed by atoms with van der Waals surface area (Å²) in [7, 11) is 0. The van der Waals surface area contributed by atoms with Crippen LogP contribution < -0.4 is 10.6 Å². The van der Waals surface area contributed by atoms with Crippen molar-refractivity contribution >= 4 is 12.1 Å². The van der Waals surface area contributed by atoms with Gasteiger partial charge in [0.25, 0.3) is 0 Å². The number of carbonyl (C=O) groups excluding carboxylic acids is 2. The number of piperidine rings is 2. The number of hydrogen-bond acceptors (Lipinski definition) is 5. The van der Waals surface area contributed by atoms with E-state index >= 15 is 0 Å². The molecular formula is C22H41N5O2. The molecule has 0 aromatic rings. The molecule has 7 nitrogen and oxygen atoms in total. The van der Waals surface area contributed by atoms with Crippen LogP contribution in [0.4, 0.5) is 4.79 Å². The molecule has 166 valence electrons. The summed E-state index contributed by atoms with van der Waals surface area (Å²) in [6, 6.07) is 0.858. The normalized spacial score (nSPS) is 25.6. The molecule has 2 heterocycles. The smallest absolute Gasteiger partial charge is 0.316 e. The van der Waals surface area contributed by atoms with E-state index in [9.17, 15) is 9.59 Å². The van der Waals surface area contributed by atoms with E-state index in [2.05, 4.69) is 39.3 Å². The van der Waals surface area contributed by atoms with Gasteiger partial charge in [-0.05, 0) is 58.0 Å². The van der Waals surface area contributed by atoms with Crippen LogP contribution in [0.1, 0.15) is 85.0 Å². The van der Waals surface area contributed by atoms with Crippen molar-refractivity contribution in [2.75, 3.05) is 19.6 Å². The Kier molecular flexibility index (Phi) is 10.7. The first kappa shape index (κ1) is 23.8. The van der Waals surface area contributed by atoms with Gasteiger partial charge in [-0.15, -0.1) is 0 Å². The van der Waals surface area contributed by atoms with Crippen molar-refractivity contribution in [2.45, 2.75) is 109 Å². The quantitative estimate of drug-likeness (QED) is 0.428. The highest BCUT2D eigenvalue weighted by Gasteiger charge is 2.37. The lowest BCUT2D eigenvalue weighted by molar-refractivity contribution is -0.0498. The largest absolute Gasteiger partial charge is 0.338 e. The zero-order chi connectivity index (χ0) is 21.1. The zero-order valence-corrected chi connectivity index (χ0v) is 18.7. The minimum absolute atomic E-state index is 0.194. The summed E-state index contributed by atoms with van der Waals surface area (Å²) in [5.74, 6) is 0. The molecule has 7 heteroatoms. The monoisotopic (exact) mass is 407 g/mol. The van der Waals surface area contributed by atoms with Crippen LogP contribution in [-0.2, 0) is 4.79 Å². The van der Waals surface area contributed by atoms with E-state index in [1.54, 1.807) is 6.08 Å². The maximum atomic E-state index is 12.2. The molecule has 2 fully saturated rings. The zero-order valence-electron chi connectivity index (χ0n) is 18.7. The molecule has 0 aromatic carbocycles. The molecule has 2 amide bonds. The number of carbonyl (C=O) groups is 1. The van der Waals surface area contributed by atoms with Crippen LogP contribution in [0.3, 0.4) is 0 Å². The highest BCUT2D eigenvalue weighted by molar-refractivity contribution is 5.74. The third kappa shape index (κ3) is 7.09. The topological polar surface area (TPSA) is 77.0 Å². The van der Waals surface area contributed by atoms with Crippen LogP contribution in [0.2, 0.25) is 0 Å². The number of urea groups is 1. The standard InChI is InChI=1S/C22H41N5O2/c1-4-13-23-22(29)25-20(24-17-28)16-21(26-14-9-7-11-18(26)5-2)27-15-10-8-12-19(27)6-3/h18-21H,4-16H2,1-3H3,(H2,23,25,29). The predicted molar refractivity (Wildman–Crippen MR) is 116 cm³/mol. The fourth-order valence-electron chi connectivity index (χ4n) is 5.02. The second-order valence-electron chi connectivity index (χ2n) is 8.44. The fourth-order valence-corrected chi connectivity index (χ4v) is 5.02. The summed E-state index contributed by atoms with van der Waals surface area (Å²) in [6.07, 6.45) is 12.5. The number of aliphatic imine (C=N–C) groups is 1. The number of nitrogens with one attached hydrogen (secondary N) is 2. The first-order chi connectivity index (χ1) is 14.1. The summed E-state index contributed by atoms with van der Waals surface area (Å²) in [5, 5.41) is 5.72. The first-order valence-corrected chi connectivity index (χ1v) is 11.8. The van der Waals surface area contributed by atoms with Gasteiger partial charge in [-0.3, -0.25) is 9.80 Å². The van der Waals surface area contributed by atoms with Crippen molar-refractivity contribution in [1.82, 2.24) is 20.4 Å². The summed E-state index contributed by atoms with van der Waals surface area (Å²) in [5.41, 5.74) is 0. The van der Waals surface area contributed by atoms with Gasteiger partial charge in [-0.25, -0.2) is 9.59 Å². The fraction of sp³-hybridized carbons (Fsp3) is 0.909. The van der Waals surface area contributed by atoms with Gasteiger partial charge in [-0.2, -0.15) is 4.99 Å². The minimum atomic E-state index is -0.548. The molecule has 2 saturated heterocycles. The average molecular weight is 408 g/mol. The van der Waals surface area contributed by atoms with Crippen molar-refractivity contribution in [1.29, 1.82) is 0 Å². The van der Waals surface area contributed by atoms with Crippen molar-refractivity contribution in [3.8, 4) is 0 Å². The molecular weight excluding hydrogens is 366 g/mol. The highest BCUT2D eigenvalue weighted by atomic mass is 16.2. The second kappa shape index (κ2) is 13.0. The molecule has 3 atom stereocenters. The summed E-state index contributed by atoms with van der Waals surface area (Å²) in [6.45, 7) is 9.32. The first-order valence-electron chi connectivity index (χ1n) is 11.8. The molecule has 29 heavy (non-hydrogen) atoms. The molecule has 3 unspecified atom stereocenters. The van der Waals surface area contributed by atoms with E-state index in [1.807, 2.05) is 6.92 Å². The number of isocyanates is 1. The Bertz CT molecular complexity index is 513. The number of hydrogen-bond donors (Lipinski definition) is 2. The van der Waals surface area contributed by atoms with Gasteiger partial charge in [0.1, 0.15) is 6.17 Å². The second-order valence-corrected chi connectivity index (χ2v) is 8.44. The lowest BCUT2D eigenvalue weighted by Crippen LogP contribution is -2.60. The van der Waals surface area contributed by atoms with Crippen LogP contribution in [0.15, 0.2) is 4.99 Å². The number of amides is 2. The SMILES string of the molecule is CCCNC(=O)NC(CC(N1CCCCC1CC)N1CCCCC1CC)N=C=O. The van der Waals surface area contributed by atoms with Crippen molar-refractivity contribution in [3.63, 3.8) is 0 Å². The van der Waals surface area contributed by atoms with Crippen molar-refractivity contribution < 1.29 is 9.59 Å². The van der Waals surface area contributed by atoms with E-state index in [4.69, 9.17) is 0 Å². The van der Waals surface area contributed by atoms with E-state index in [0.29, 0.717) is 25.0 Å². The van der Waals surface area contributed by atoms with Crippen molar-refractivity contribution in [2.24, 2.45) is 4.99 Å². The van der Waals surface area contributed by atoms with Gasteiger partial charge in [0.05, 0.1) is 6.17 Å². The lowest BCUT2D eigenvalue weighted by atomic mass is 9.94. The molecule has 0 bridgehead atoms. The van der Waals surface area contributed by atoms with Crippen molar-refractivity contribution in [3.05, 3.63) is 0 Å². The molecule has 2 rings (SSSR count). The average Bonchev–Trinajstić information content (AvgIpc) is 2.76. The predicted octanol–water partition coefficient (Wildman–Crippen LogP) is 3.60. The Balaban J connectivity index is 2.21. The van der Waals surface area contributed by atoms with Gasteiger partial charge in [0, 0.05) is 25.0 Å². The third-order valence-corrected chi connectivity index (χ3v) is 6.53. The molecule has 2 N–H and O–H groups in total. The molecule has 0 radical (unpaired) electrons. The maximum Gasteiger partial charge on any atom is 0.316 e. The molecule has 0 saturated carbocycles. The summed E-state index contributed by atoms with van der Waals surface area (Å²) in [4.78, 5) is 32.6. The lowest BCUT2D eigenvalue weighted by Gasteiger charge is -2.50. The summed E-state index contributed by atoms with van der Waals surface area (Å²) >= 11 is 0. The molecule has 2 aliphatic rings. The highest BCUT2D eigenvalue weighted by Crippen LogP contribution is 2.30. The van der Waals surface area contributed by atoms with Crippen LogP contribution >= 0.6 is 0 Å². The Morgan fingerprint density at radius 2 is 1.62 bits per heavy atom. The molecule has 2 aliphatic heterocycles.